The van der Waals surface area contributed by atoms with Gasteiger partial charge in [-0.3, -0.25) is 4.79 Å². The van der Waals surface area contributed by atoms with Crippen molar-refractivity contribution >= 4 is 5.91 Å². The van der Waals surface area contributed by atoms with Crippen LogP contribution in [-0.4, -0.2) is 24.5 Å². The largest absolute Gasteiger partial charge is 0.497 e. The van der Waals surface area contributed by atoms with Gasteiger partial charge in [0.25, 0.3) is 5.91 Å². The van der Waals surface area contributed by atoms with E-state index >= 15 is 0 Å². The highest BCUT2D eigenvalue weighted by molar-refractivity contribution is 5.77. The summed E-state index contributed by atoms with van der Waals surface area (Å²) >= 11 is 0. The first-order valence-electron chi connectivity index (χ1n) is 8.45. The molecule has 5 nitrogen and oxygen atoms in total. The van der Waals surface area contributed by atoms with Gasteiger partial charge in [0.2, 0.25) is 0 Å². The van der Waals surface area contributed by atoms with Crippen LogP contribution in [0.1, 0.15) is 11.3 Å². The number of ether oxygens (including phenoxy) is 2. The number of amides is 1. The molecule has 3 aromatic rings. The molecule has 0 atom stereocenters. The van der Waals surface area contributed by atoms with Gasteiger partial charge in [0.15, 0.2) is 6.61 Å². The third kappa shape index (κ3) is 5.34. The number of rotatable bonds is 8. The first-order chi connectivity index (χ1) is 13.1. The molecule has 2 aromatic carbocycles. The Hall–Kier alpha value is -3.28. The molecule has 0 aliphatic carbocycles. The molecule has 0 aliphatic heterocycles. The van der Waals surface area contributed by atoms with Gasteiger partial charge in [-0.15, -0.1) is 0 Å². The Labute approximate surface area is 156 Å². The maximum Gasteiger partial charge on any atom is 0.261 e. The van der Waals surface area contributed by atoms with Crippen molar-refractivity contribution in [2.45, 2.75) is 13.1 Å². The standard InChI is InChI=1S/C21H20FNO4/c1-25-18-8-4-16(5-9-18)13-23(14-20-3-2-12-26-20)21(24)15-27-19-10-6-17(22)7-11-19/h2-12H,13-15H2,1H3. The minimum absolute atomic E-state index is 0.150. The summed E-state index contributed by atoms with van der Waals surface area (Å²) < 4.78 is 29.0. The van der Waals surface area contributed by atoms with E-state index < -0.39 is 0 Å². The number of halogens is 1. The molecule has 27 heavy (non-hydrogen) atoms. The summed E-state index contributed by atoms with van der Waals surface area (Å²) in [5.74, 6) is 1.31. The van der Waals surface area contributed by atoms with Crippen molar-refractivity contribution in [3.8, 4) is 11.5 Å². The summed E-state index contributed by atoms with van der Waals surface area (Å²) in [6.07, 6.45) is 1.57. The Morgan fingerprint density at radius 1 is 1.00 bits per heavy atom. The summed E-state index contributed by atoms with van der Waals surface area (Å²) in [4.78, 5) is 14.3. The third-order valence-corrected chi connectivity index (χ3v) is 3.99. The second-order valence-corrected chi connectivity index (χ2v) is 5.92. The van der Waals surface area contributed by atoms with Gasteiger partial charge in [-0.1, -0.05) is 12.1 Å². The lowest BCUT2D eigenvalue weighted by Crippen LogP contribution is -2.34. The van der Waals surface area contributed by atoms with E-state index in [1.54, 1.807) is 24.3 Å². The van der Waals surface area contributed by atoms with Crippen LogP contribution in [-0.2, 0) is 17.9 Å². The summed E-state index contributed by atoms with van der Waals surface area (Å²) in [5.41, 5.74) is 0.956. The predicted molar refractivity (Wildman–Crippen MR) is 97.9 cm³/mol. The second-order valence-electron chi connectivity index (χ2n) is 5.92. The lowest BCUT2D eigenvalue weighted by atomic mass is 10.2. The molecule has 0 aliphatic rings. The van der Waals surface area contributed by atoms with Crippen LogP contribution in [0.5, 0.6) is 11.5 Å². The smallest absolute Gasteiger partial charge is 0.261 e. The van der Waals surface area contributed by atoms with E-state index in [4.69, 9.17) is 13.9 Å². The quantitative estimate of drug-likeness (QED) is 0.601. The van der Waals surface area contributed by atoms with E-state index in [9.17, 15) is 9.18 Å². The zero-order valence-corrected chi connectivity index (χ0v) is 14.9. The van der Waals surface area contributed by atoms with Crippen LogP contribution in [0.4, 0.5) is 4.39 Å². The first kappa shape index (κ1) is 18.5. The van der Waals surface area contributed by atoms with E-state index in [2.05, 4.69) is 0 Å². The lowest BCUT2D eigenvalue weighted by Gasteiger charge is -2.22. The number of hydrogen-bond acceptors (Lipinski definition) is 4. The molecule has 0 saturated carbocycles. The summed E-state index contributed by atoms with van der Waals surface area (Å²) in [7, 11) is 1.61. The van der Waals surface area contributed by atoms with Crippen molar-refractivity contribution < 1.29 is 23.1 Å². The maximum absolute atomic E-state index is 13.0. The van der Waals surface area contributed by atoms with Crippen molar-refractivity contribution in [1.82, 2.24) is 4.90 Å². The summed E-state index contributed by atoms with van der Waals surface area (Å²) in [6, 6.07) is 16.7. The van der Waals surface area contributed by atoms with Crippen LogP contribution in [0.2, 0.25) is 0 Å². The minimum Gasteiger partial charge on any atom is -0.497 e. The van der Waals surface area contributed by atoms with E-state index in [-0.39, 0.29) is 18.3 Å². The molecule has 1 heterocycles. The molecule has 0 spiro atoms. The Kier molecular flexibility index (Phi) is 6.10. The van der Waals surface area contributed by atoms with E-state index in [1.165, 1.54) is 24.3 Å². The van der Waals surface area contributed by atoms with Crippen LogP contribution >= 0.6 is 0 Å². The average Bonchev–Trinajstić information content (AvgIpc) is 3.20. The highest BCUT2D eigenvalue weighted by Crippen LogP contribution is 2.16. The molecule has 6 heteroatoms. The average molecular weight is 369 g/mol. The minimum atomic E-state index is -0.354. The molecule has 3 rings (SSSR count). The van der Waals surface area contributed by atoms with E-state index in [0.29, 0.717) is 24.6 Å². The molecular weight excluding hydrogens is 349 g/mol. The van der Waals surface area contributed by atoms with Gasteiger partial charge in [-0.2, -0.15) is 0 Å². The van der Waals surface area contributed by atoms with Crippen LogP contribution in [0.15, 0.2) is 71.3 Å². The molecule has 0 fully saturated rings. The van der Waals surface area contributed by atoms with E-state index in [0.717, 1.165) is 11.3 Å². The van der Waals surface area contributed by atoms with Crippen LogP contribution < -0.4 is 9.47 Å². The van der Waals surface area contributed by atoms with Gasteiger partial charge in [0.1, 0.15) is 23.1 Å². The molecular formula is C21H20FNO4. The van der Waals surface area contributed by atoms with Crippen molar-refractivity contribution in [1.29, 1.82) is 0 Å². The first-order valence-corrected chi connectivity index (χ1v) is 8.45. The normalized spacial score (nSPS) is 10.4. The van der Waals surface area contributed by atoms with Crippen molar-refractivity contribution in [3.05, 3.63) is 84.1 Å². The van der Waals surface area contributed by atoms with Gasteiger partial charge in [-0.05, 0) is 54.1 Å². The molecule has 1 aromatic heterocycles. The van der Waals surface area contributed by atoms with Gasteiger partial charge >= 0.3 is 0 Å². The van der Waals surface area contributed by atoms with Gasteiger partial charge < -0.3 is 18.8 Å². The topological polar surface area (TPSA) is 51.9 Å². The van der Waals surface area contributed by atoms with Crippen LogP contribution in [0.25, 0.3) is 0 Å². The maximum atomic E-state index is 13.0. The second kappa shape index (κ2) is 8.89. The van der Waals surface area contributed by atoms with Gasteiger partial charge in [0, 0.05) is 6.54 Å². The molecule has 0 radical (unpaired) electrons. The molecule has 0 saturated heterocycles. The Morgan fingerprint density at radius 2 is 1.70 bits per heavy atom. The number of benzene rings is 2. The molecule has 0 N–H and O–H groups in total. The fraction of sp³-hybridized carbons (Fsp3) is 0.190. The zero-order valence-electron chi connectivity index (χ0n) is 14.9. The Balaban J connectivity index is 1.67. The monoisotopic (exact) mass is 369 g/mol. The van der Waals surface area contributed by atoms with Gasteiger partial charge in [-0.25, -0.2) is 4.39 Å². The fourth-order valence-electron chi connectivity index (χ4n) is 2.54. The van der Waals surface area contributed by atoms with Crippen molar-refractivity contribution in [3.63, 3.8) is 0 Å². The Bertz CT molecular complexity index is 845. The SMILES string of the molecule is COc1ccc(CN(Cc2ccco2)C(=O)COc2ccc(F)cc2)cc1. The van der Waals surface area contributed by atoms with Crippen LogP contribution in [0, 0.1) is 5.82 Å². The molecule has 0 bridgehead atoms. The fourth-order valence-corrected chi connectivity index (χ4v) is 2.54. The number of methoxy groups -OCH3 is 1. The number of hydrogen-bond donors (Lipinski definition) is 0. The van der Waals surface area contributed by atoms with E-state index in [1.807, 2.05) is 30.3 Å². The Morgan fingerprint density at radius 3 is 2.33 bits per heavy atom. The zero-order chi connectivity index (χ0) is 19.1. The number of carbonyl (C=O) groups excluding carboxylic acids is 1. The highest BCUT2D eigenvalue weighted by atomic mass is 19.1. The number of furan rings is 1. The molecule has 1 amide bonds. The van der Waals surface area contributed by atoms with Crippen molar-refractivity contribution in [2.75, 3.05) is 13.7 Å². The number of carbonyl (C=O) groups is 1. The molecule has 0 unspecified atom stereocenters. The van der Waals surface area contributed by atoms with Crippen molar-refractivity contribution in [2.24, 2.45) is 0 Å². The summed E-state index contributed by atoms with van der Waals surface area (Å²) in [5, 5.41) is 0. The molecule has 140 valence electrons. The van der Waals surface area contributed by atoms with Gasteiger partial charge in [0.05, 0.1) is 19.9 Å². The number of nitrogens with zero attached hydrogens (tertiary/aromatic N) is 1. The summed E-state index contributed by atoms with van der Waals surface area (Å²) in [6.45, 7) is 0.573. The highest BCUT2D eigenvalue weighted by Gasteiger charge is 2.17. The van der Waals surface area contributed by atoms with Crippen LogP contribution in [0.3, 0.4) is 0 Å². The third-order valence-electron chi connectivity index (χ3n) is 3.99. The lowest BCUT2D eigenvalue weighted by molar-refractivity contribution is -0.134. The predicted octanol–water partition coefficient (Wildman–Crippen LogP) is 4.04.